The molecule has 0 saturated carbocycles. The van der Waals surface area contributed by atoms with Gasteiger partial charge in [0.25, 0.3) is 11.8 Å². The molecule has 2 aromatic carbocycles. The van der Waals surface area contributed by atoms with Crippen molar-refractivity contribution in [3.05, 3.63) is 70.4 Å². The Balaban J connectivity index is 1.03. The number of halogens is 2. The average Bonchev–Trinajstić information content (AvgIpc) is 4.08. The molecule has 5 atom stereocenters. The summed E-state index contributed by atoms with van der Waals surface area (Å²) in [5, 5.41) is 17.3. The Labute approximate surface area is 424 Å². The maximum absolute atomic E-state index is 15.7. The standard InChI is InChI=1S/C50H59F2N8O13P/c1-3-72-74(71,73-4-2)50(51,52)31-15-17-35-30(25-31)26-37(54-35)44(64)56-38-28-58(24-23-32-16-19-40(60(32)48(38)68)46(66)55-36(49(69)70)18-21-41(53)61)43(63)14-9-7-5-6-8-11-29-12-10-13-33-34(29)27-59(47(33)67)39-20-22-42(62)57-45(39)65/h10,12-13,15,17,25-26,32,36,38-40,54H,3-7,9,14,16,18-24,27-28H2,1-2H3,(H2,53,61)(H,55,66)(H,56,64)(H,69,70)(H,57,62,65)/t32-,36?,38+,39?,40+/m1/s1. The number of H-pyrrole nitrogens is 1. The first-order valence-corrected chi connectivity index (χ1v) is 26.2. The van der Waals surface area contributed by atoms with E-state index < -0.39 is 84.5 Å². The molecule has 8 amide bonds. The van der Waals surface area contributed by atoms with Crippen molar-refractivity contribution in [2.75, 3.05) is 26.3 Å². The van der Waals surface area contributed by atoms with Gasteiger partial charge in [-0.2, -0.15) is 8.78 Å². The number of unbranched alkanes of at least 4 members (excludes halogenated alkanes) is 3. The Bertz CT molecular complexity index is 2840. The maximum atomic E-state index is 15.7. The molecule has 0 spiro atoms. The van der Waals surface area contributed by atoms with Crippen molar-refractivity contribution in [2.45, 2.75) is 133 Å². The number of carbonyl (C=O) groups is 9. The molecule has 5 heterocycles. The first-order chi connectivity index (χ1) is 35.3. The van der Waals surface area contributed by atoms with E-state index >= 15 is 8.78 Å². The average molecular weight is 1050 g/mol. The van der Waals surface area contributed by atoms with Crippen LogP contribution in [0.4, 0.5) is 8.78 Å². The number of nitrogens with two attached hydrogens (primary N) is 1. The van der Waals surface area contributed by atoms with Crippen molar-refractivity contribution in [3.8, 4) is 11.8 Å². The first kappa shape index (κ1) is 54.7. The molecule has 7 rings (SSSR count). The molecule has 3 saturated heterocycles. The molecular formula is C50H59F2N8O13P. The second kappa shape index (κ2) is 23.5. The zero-order valence-corrected chi connectivity index (χ0v) is 41.8. The molecule has 3 fully saturated rings. The highest BCUT2D eigenvalue weighted by Crippen LogP contribution is 2.67. The summed E-state index contributed by atoms with van der Waals surface area (Å²) < 4.78 is 54.4. The van der Waals surface area contributed by atoms with Gasteiger partial charge < -0.3 is 50.2 Å². The van der Waals surface area contributed by atoms with Crippen LogP contribution in [0.3, 0.4) is 0 Å². The van der Waals surface area contributed by atoms with Crippen LogP contribution in [0, 0.1) is 11.8 Å². The second-order valence-electron chi connectivity index (χ2n) is 18.5. The third-order valence-electron chi connectivity index (χ3n) is 13.6. The van der Waals surface area contributed by atoms with Crippen LogP contribution in [-0.4, -0.2) is 135 Å². The van der Waals surface area contributed by atoms with E-state index in [4.69, 9.17) is 14.8 Å². The lowest BCUT2D eigenvalue weighted by Gasteiger charge is -2.39. The molecule has 24 heteroatoms. The molecule has 74 heavy (non-hydrogen) atoms. The second-order valence-corrected chi connectivity index (χ2v) is 20.6. The fourth-order valence-corrected chi connectivity index (χ4v) is 11.4. The molecule has 2 unspecified atom stereocenters. The Morgan fingerprint density at radius 1 is 0.973 bits per heavy atom. The molecule has 1 aromatic heterocycles. The maximum Gasteiger partial charge on any atom is 0.404 e. The third-order valence-corrected chi connectivity index (χ3v) is 15.7. The van der Waals surface area contributed by atoms with Crippen LogP contribution in [0.2, 0.25) is 0 Å². The number of rotatable bonds is 20. The SMILES string of the molecule is CCOP(=O)(OCC)C(F)(F)c1ccc2[nH]c(C(=O)N[C@H]3CN(C(=O)CCCCCC#Cc4cccc5c4CN(C4CCC(=O)NC4=O)C5=O)CC[C@H]4CC[C@@H](C(=O)NC(CCC(N)=O)C(=O)O)N4C3=O)cc2c1. The molecule has 21 nitrogen and oxygen atoms in total. The van der Waals surface area contributed by atoms with Crippen LogP contribution in [0.15, 0.2) is 42.5 Å². The molecule has 7 N–H and O–H groups in total. The minimum absolute atomic E-state index is 0.0859. The zero-order chi connectivity index (χ0) is 53.5. The van der Waals surface area contributed by atoms with Gasteiger partial charge in [-0.25, -0.2) is 4.79 Å². The van der Waals surface area contributed by atoms with Crippen molar-refractivity contribution in [3.63, 3.8) is 0 Å². The normalized spacial score (nSPS) is 20.5. The van der Waals surface area contributed by atoms with Gasteiger partial charge in [0, 0.05) is 79.0 Å². The minimum atomic E-state index is -4.97. The Kier molecular flexibility index (Phi) is 17.4. The molecule has 4 aliphatic heterocycles. The summed E-state index contributed by atoms with van der Waals surface area (Å²) in [6.45, 7) is 2.18. The number of nitrogens with one attached hydrogen (secondary N) is 4. The number of primary amides is 1. The fraction of sp³-hybridized carbons (Fsp3) is 0.500. The van der Waals surface area contributed by atoms with Crippen molar-refractivity contribution < 1.29 is 70.7 Å². The number of hydrogen-bond donors (Lipinski definition) is 6. The van der Waals surface area contributed by atoms with Crippen LogP contribution in [-0.2, 0) is 59.4 Å². The number of amides is 8. The van der Waals surface area contributed by atoms with Gasteiger partial charge in [-0.1, -0.05) is 30.4 Å². The summed E-state index contributed by atoms with van der Waals surface area (Å²) in [5.74, 6) is 0.244. The number of carbonyl (C=O) groups excluding carboxylic acids is 8. The third kappa shape index (κ3) is 12.0. The van der Waals surface area contributed by atoms with Crippen LogP contribution in [0.25, 0.3) is 10.9 Å². The zero-order valence-electron chi connectivity index (χ0n) is 40.9. The van der Waals surface area contributed by atoms with Crippen LogP contribution in [0.5, 0.6) is 0 Å². The van der Waals surface area contributed by atoms with Gasteiger partial charge in [0.1, 0.15) is 29.9 Å². The van der Waals surface area contributed by atoms with Crippen molar-refractivity contribution in [1.82, 2.24) is 35.6 Å². The number of aliphatic carboxylic acids is 1. The van der Waals surface area contributed by atoms with Gasteiger partial charge in [0.05, 0.1) is 13.2 Å². The lowest BCUT2D eigenvalue weighted by atomic mass is 10.0. The summed E-state index contributed by atoms with van der Waals surface area (Å²) in [5.41, 5.74) is 2.35. The molecule has 396 valence electrons. The van der Waals surface area contributed by atoms with Gasteiger partial charge in [0.15, 0.2) is 0 Å². The van der Waals surface area contributed by atoms with E-state index in [0.717, 1.165) is 12.1 Å². The number of benzene rings is 2. The summed E-state index contributed by atoms with van der Waals surface area (Å²) in [7, 11) is -4.97. The number of carboxylic acid groups (broad SMARTS) is 1. The van der Waals surface area contributed by atoms with E-state index in [9.17, 15) is 52.8 Å². The number of aromatic amines is 1. The van der Waals surface area contributed by atoms with Gasteiger partial charge in [-0.3, -0.25) is 48.2 Å². The lowest BCUT2D eigenvalue weighted by Crippen LogP contribution is -2.61. The number of aromatic nitrogens is 1. The van der Waals surface area contributed by atoms with Gasteiger partial charge in [-0.15, -0.1) is 0 Å². The highest BCUT2D eigenvalue weighted by Gasteiger charge is 2.55. The van der Waals surface area contributed by atoms with Gasteiger partial charge in [-0.05, 0) is 94.7 Å². The summed E-state index contributed by atoms with van der Waals surface area (Å²) in [6.07, 6.45) is 2.70. The van der Waals surface area contributed by atoms with E-state index in [1.54, 1.807) is 18.2 Å². The van der Waals surface area contributed by atoms with Crippen LogP contribution >= 0.6 is 7.60 Å². The first-order valence-electron chi connectivity index (χ1n) is 24.6. The summed E-state index contributed by atoms with van der Waals surface area (Å²) >= 11 is 0. The number of alkyl halides is 2. The van der Waals surface area contributed by atoms with Crippen molar-refractivity contribution in [1.29, 1.82) is 0 Å². The van der Waals surface area contributed by atoms with E-state index in [-0.39, 0.29) is 112 Å². The predicted molar refractivity (Wildman–Crippen MR) is 260 cm³/mol. The molecule has 4 aliphatic rings. The number of nitrogens with zero attached hydrogens (tertiary/aromatic N) is 3. The number of piperidine rings is 1. The fourth-order valence-electron chi connectivity index (χ4n) is 9.84. The smallest absolute Gasteiger partial charge is 0.404 e. The van der Waals surface area contributed by atoms with Gasteiger partial charge in [0.2, 0.25) is 35.4 Å². The molecule has 3 aromatic rings. The minimum Gasteiger partial charge on any atom is -0.480 e. The highest BCUT2D eigenvalue weighted by molar-refractivity contribution is 7.54. The predicted octanol–water partition coefficient (Wildman–Crippen LogP) is 3.77. The number of hydrogen-bond acceptors (Lipinski definition) is 12. The topological polar surface area (TPSA) is 297 Å². The number of carboxylic acids is 1. The Morgan fingerprint density at radius 3 is 2.43 bits per heavy atom. The van der Waals surface area contributed by atoms with Gasteiger partial charge >= 0.3 is 19.2 Å². The molecule has 0 bridgehead atoms. The molecular weight excluding hydrogens is 990 g/mol. The monoisotopic (exact) mass is 1050 g/mol. The van der Waals surface area contributed by atoms with Crippen molar-refractivity contribution >= 4 is 71.7 Å². The largest absolute Gasteiger partial charge is 0.480 e. The number of fused-ring (bicyclic) bond motifs is 3. The summed E-state index contributed by atoms with van der Waals surface area (Å²) in [6, 6.07) is 4.33. The van der Waals surface area contributed by atoms with Crippen LogP contribution in [0.1, 0.15) is 128 Å². The Morgan fingerprint density at radius 2 is 1.73 bits per heavy atom. The lowest BCUT2D eigenvalue weighted by molar-refractivity contribution is -0.147. The number of imide groups is 1. The highest BCUT2D eigenvalue weighted by atomic mass is 31.2. The van der Waals surface area contributed by atoms with E-state index in [1.165, 1.54) is 40.7 Å². The molecule has 0 aliphatic carbocycles. The van der Waals surface area contributed by atoms with E-state index in [1.807, 2.05) is 0 Å². The Hall–Kier alpha value is -7.02. The van der Waals surface area contributed by atoms with E-state index in [0.29, 0.717) is 48.8 Å². The quantitative estimate of drug-likeness (QED) is 0.0407. The van der Waals surface area contributed by atoms with E-state index in [2.05, 4.69) is 32.8 Å². The van der Waals surface area contributed by atoms with Crippen LogP contribution < -0.4 is 21.7 Å². The molecule has 0 radical (unpaired) electrons. The summed E-state index contributed by atoms with van der Waals surface area (Å²) in [4.78, 5) is 124. The van der Waals surface area contributed by atoms with Crippen molar-refractivity contribution in [2.24, 2.45) is 5.73 Å².